The fourth-order valence-electron chi connectivity index (χ4n) is 7.45. The lowest BCUT2D eigenvalue weighted by atomic mass is 9.78. The summed E-state index contributed by atoms with van der Waals surface area (Å²) >= 11 is 0. The molecule has 45 heavy (non-hydrogen) atoms. The zero-order valence-electron chi connectivity index (χ0n) is 24.6. The molecule has 2 unspecified atom stereocenters. The summed E-state index contributed by atoms with van der Waals surface area (Å²) in [6.45, 7) is 0. The molecule has 2 atom stereocenters. The lowest BCUT2D eigenvalue weighted by molar-refractivity contribution is 0.0970. The number of amides is 1. The summed E-state index contributed by atoms with van der Waals surface area (Å²) in [4.78, 5) is 15.7. The van der Waals surface area contributed by atoms with E-state index in [-0.39, 0.29) is 17.9 Å². The molecule has 212 valence electrons. The van der Waals surface area contributed by atoms with Gasteiger partial charge in [0, 0.05) is 17.2 Å². The van der Waals surface area contributed by atoms with Crippen LogP contribution >= 0.6 is 0 Å². The minimum absolute atomic E-state index is 0.0547. The smallest absolute Gasteiger partial charge is 0.259 e. The Morgan fingerprint density at radius 3 is 1.80 bits per heavy atom. The van der Waals surface area contributed by atoms with Gasteiger partial charge >= 0.3 is 0 Å². The van der Waals surface area contributed by atoms with Crippen LogP contribution in [0.4, 0.5) is 5.69 Å². The van der Waals surface area contributed by atoms with Gasteiger partial charge in [0.15, 0.2) is 0 Å². The van der Waals surface area contributed by atoms with Crippen LogP contribution in [0.2, 0.25) is 0 Å². The number of fused-ring (bicyclic) bond motifs is 9. The summed E-state index contributed by atoms with van der Waals surface area (Å²) < 4.78 is 0. The zero-order valence-corrected chi connectivity index (χ0v) is 24.6. The molecule has 0 bridgehead atoms. The molecule has 2 nitrogen and oxygen atoms in total. The first-order chi connectivity index (χ1) is 22.2. The van der Waals surface area contributed by atoms with Gasteiger partial charge in [0.2, 0.25) is 0 Å². The van der Waals surface area contributed by atoms with E-state index in [1.54, 1.807) is 0 Å². The molecule has 0 radical (unpaired) electrons. The average Bonchev–Trinajstić information content (AvgIpc) is 3.12. The molecule has 0 fully saturated rings. The first-order valence-corrected chi connectivity index (χ1v) is 15.6. The standard InChI is InChI=1S/C43H29NO/c45-43-38-18-10-9-17-35(38)41-27-31(21-24-42(41)44(43)32-13-5-2-6-14-32)30-20-23-37-36-22-19-29(28-11-3-1-4-12-28)25-39(36)33-15-7-8-16-34(33)40(37)26-30/h1-27,41-42H. The van der Waals surface area contributed by atoms with E-state index in [4.69, 9.17) is 0 Å². The van der Waals surface area contributed by atoms with E-state index in [0.29, 0.717) is 0 Å². The Balaban J connectivity index is 1.20. The number of para-hydroxylation sites is 1. The van der Waals surface area contributed by atoms with Crippen molar-refractivity contribution < 1.29 is 4.79 Å². The summed E-state index contributed by atoms with van der Waals surface area (Å²) in [5, 5.41) is 7.58. The van der Waals surface area contributed by atoms with Crippen LogP contribution in [0.3, 0.4) is 0 Å². The molecule has 0 saturated heterocycles. The highest BCUT2D eigenvalue weighted by Gasteiger charge is 2.39. The van der Waals surface area contributed by atoms with Crippen molar-refractivity contribution in [3.05, 3.63) is 181 Å². The van der Waals surface area contributed by atoms with E-state index in [9.17, 15) is 4.79 Å². The molecular weight excluding hydrogens is 546 g/mol. The van der Waals surface area contributed by atoms with Gasteiger partial charge in [-0.3, -0.25) is 4.79 Å². The van der Waals surface area contributed by atoms with E-state index in [0.717, 1.165) is 16.8 Å². The van der Waals surface area contributed by atoms with Crippen LogP contribution in [0, 0.1) is 0 Å². The molecule has 0 aromatic heterocycles. The first-order valence-electron chi connectivity index (χ1n) is 15.6. The second-order valence-corrected chi connectivity index (χ2v) is 12.0. The third-order valence-corrected chi connectivity index (χ3v) is 9.58. The van der Waals surface area contributed by atoms with Gasteiger partial charge < -0.3 is 4.90 Å². The molecule has 0 N–H and O–H groups in total. The summed E-state index contributed by atoms with van der Waals surface area (Å²) in [5.41, 5.74) is 7.61. The number of benzene rings is 7. The van der Waals surface area contributed by atoms with Crippen LogP contribution in [-0.2, 0) is 0 Å². The third-order valence-electron chi connectivity index (χ3n) is 9.58. The number of rotatable bonds is 3. The van der Waals surface area contributed by atoms with Crippen molar-refractivity contribution in [2.45, 2.75) is 12.0 Å². The second-order valence-electron chi connectivity index (χ2n) is 12.0. The number of hydrogen-bond donors (Lipinski definition) is 0. The van der Waals surface area contributed by atoms with Crippen molar-refractivity contribution in [2.24, 2.45) is 0 Å². The van der Waals surface area contributed by atoms with E-state index >= 15 is 0 Å². The fraction of sp³-hybridized carbons (Fsp3) is 0.0465. The molecule has 7 aromatic rings. The maximum atomic E-state index is 13.8. The minimum atomic E-state index is -0.0809. The van der Waals surface area contributed by atoms with Gasteiger partial charge in [-0.05, 0) is 90.5 Å². The zero-order chi connectivity index (χ0) is 29.9. The van der Waals surface area contributed by atoms with Crippen LogP contribution in [0.15, 0.2) is 164 Å². The number of hydrogen-bond acceptors (Lipinski definition) is 1. The van der Waals surface area contributed by atoms with Crippen molar-refractivity contribution in [3.8, 4) is 11.1 Å². The quantitative estimate of drug-likeness (QED) is 0.192. The molecule has 0 saturated carbocycles. The Morgan fingerprint density at radius 1 is 0.489 bits per heavy atom. The van der Waals surface area contributed by atoms with Gasteiger partial charge in [-0.25, -0.2) is 0 Å². The van der Waals surface area contributed by atoms with Gasteiger partial charge in [0.05, 0.1) is 6.04 Å². The fourth-order valence-corrected chi connectivity index (χ4v) is 7.45. The van der Waals surface area contributed by atoms with Crippen molar-refractivity contribution in [2.75, 3.05) is 4.90 Å². The molecule has 0 spiro atoms. The summed E-state index contributed by atoms with van der Waals surface area (Å²) in [6.07, 6.45) is 6.78. The predicted molar refractivity (Wildman–Crippen MR) is 188 cm³/mol. The van der Waals surface area contributed by atoms with Gasteiger partial charge in [-0.1, -0.05) is 133 Å². The highest BCUT2D eigenvalue weighted by molar-refractivity contribution is 6.26. The topological polar surface area (TPSA) is 20.3 Å². The molecular formula is C43H29NO. The van der Waals surface area contributed by atoms with Gasteiger partial charge in [-0.15, -0.1) is 0 Å². The van der Waals surface area contributed by atoms with E-state index < -0.39 is 0 Å². The van der Waals surface area contributed by atoms with Gasteiger partial charge in [0.25, 0.3) is 5.91 Å². The Labute approximate surface area is 262 Å². The molecule has 1 aliphatic carbocycles. The summed E-state index contributed by atoms with van der Waals surface area (Å²) in [6, 6.07) is 51.2. The Hall–Kier alpha value is -5.73. The first kappa shape index (κ1) is 25.7. The largest absolute Gasteiger partial charge is 0.301 e. The van der Waals surface area contributed by atoms with Crippen molar-refractivity contribution >= 4 is 49.5 Å². The normalized spacial score (nSPS) is 17.4. The predicted octanol–water partition coefficient (Wildman–Crippen LogP) is 10.6. The van der Waals surface area contributed by atoms with Crippen molar-refractivity contribution in [1.29, 1.82) is 0 Å². The van der Waals surface area contributed by atoms with E-state index in [2.05, 4.69) is 115 Å². The maximum Gasteiger partial charge on any atom is 0.259 e. The number of nitrogens with zero attached hydrogens (tertiary/aromatic N) is 1. The van der Waals surface area contributed by atoms with Gasteiger partial charge in [0.1, 0.15) is 0 Å². The monoisotopic (exact) mass is 575 g/mol. The minimum Gasteiger partial charge on any atom is -0.301 e. The van der Waals surface area contributed by atoms with Crippen LogP contribution < -0.4 is 4.90 Å². The highest BCUT2D eigenvalue weighted by Crippen LogP contribution is 2.43. The summed E-state index contributed by atoms with van der Waals surface area (Å²) in [7, 11) is 0. The highest BCUT2D eigenvalue weighted by atomic mass is 16.2. The molecule has 2 heteroatoms. The third kappa shape index (κ3) is 4.07. The number of carbonyl (C=O) groups excluding carboxylic acids is 1. The lowest BCUT2D eigenvalue weighted by Crippen LogP contribution is -2.47. The lowest BCUT2D eigenvalue weighted by Gasteiger charge is -2.41. The molecule has 1 amide bonds. The number of allylic oxidation sites excluding steroid dienone is 2. The van der Waals surface area contributed by atoms with Crippen molar-refractivity contribution in [3.63, 3.8) is 0 Å². The molecule has 7 aromatic carbocycles. The Kier molecular flexibility index (Phi) is 5.82. The van der Waals surface area contributed by atoms with Crippen LogP contribution in [0.1, 0.15) is 27.4 Å². The molecule has 1 aliphatic heterocycles. The molecule has 9 rings (SSSR count). The van der Waals surface area contributed by atoms with Gasteiger partial charge in [-0.2, -0.15) is 0 Å². The van der Waals surface area contributed by atoms with Crippen LogP contribution in [0.25, 0.3) is 49.0 Å². The molecule has 2 aliphatic rings. The average molecular weight is 576 g/mol. The number of carbonyl (C=O) groups is 1. The Morgan fingerprint density at radius 2 is 1.07 bits per heavy atom. The SMILES string of the molecule is O=C1c2ccccc2C2C=C(c3ccc4c5ccc(-c6ccccc6)cc5c5ccccc5c4c3)C=CC2N1c1ccccc1. The maximum absolute atomic E-state index is 13.8. The van der Waals surface area contributed by atoms with Crippen molar-refractivity contribution in [1.82, 2.24) is 0 Å². The number of anilines is 1. The van der Waals surface area contributed by atoms with E-state index in [1.807, 2.05) is 53.4 Å². The van der Waals surface area contributed by atoms with Crippen LogP contribution in [-0.4, -0.2) is 11.9 Å². The molecule has 1 heterocycles. The second kappa shape index (κ2) is 10.2. The van der Waals surface area contributed by atoms with E-state index in [1.165, 1.54) is 54.6 Å². The van der Waals surface area contributed by atoms with Crippen LogP contribution in [0.5, 0.6) is 0 Å². The summed E-state index contributed by atoms with van der Waals surface area (Å²) in [5.74, 6) is 0.110. The Bertz CT molecular complexity index is 2330.